The molecule has 0 unspecified atom stereocenters. The number of alkyl halides is 1. The number of ether oxygens (including phenoxy) is 1. The fourth-order valence-corrected chi connectivity index (χ4v) is 4.18. The van der Waals surface area contributed by atoms with Gasteiger partial charge in [0.2, 0.25) is 5.91 Å². The molecule has 0 bridgehead atoms. The lowest BCUT2D eigenvalue weighted by atomic mass is 10.1. The number of hydrogen-bond acceptors (Lipinski definition) is 4. The molecule has 1 aliphatic heterocycles. The molecule has 1 heterocycles. The van der Waals surface area contributed by atoms with E-state index in [1.54, 1.807) is 23.8 Å². The highest BCUT2D eigenvalue weighted by Gasteiger charge is 2.32. The molecule has 4 nitrogen and oxygen atoms in total. The van der Waals surface area contributed by atoms with Crippen molar-refractivity contribution in [2.75, 3.05) is 24.4 Å². The van der Waals surface area contributed by atoms with Crippen LogP contribution in [0.2, 0.25) is 0 Å². The number of nitrogens with zero attached hydrogens (tertiary/aromatic N) is 1. The molecule has 0 aromatic heterocycles. The van der Waals surface area contributed by atoms with Gasteiger partial charge in [-0.25, -0.2) is 0 Å². The molecule has 0 fully saturated rings. The van der Waals surface area contributed by atoms with Crippen molar-refractivity contribution in [3.05, 3.63) is 54.1 Å². The van der Waals surface area contributed by atoms with Crippen molar-refractivity contribution in [2.24, 2.45) is 0 Å². The maximum absolute atomic E-state index is 12.2. The van der Waals surface area contributed by atoms with E-state index in [4.69, 9.17) is 16.3 Å². The van der Waals surface area contributed by atoms with E-state index in [9.17, 15) is 9.90 Å². The monoisotopic (exact) mass is 363 g/mol. The van der Waals surface area contributed by atoms with Crippen LogP contribution in [0.4, 0.5) is 5.69 Å². The van der Waals surface area contributed by atoms with Gasteiger partial charge in [-0.3, -0.25) is 4.79 Å². The highest BCUT2D eigenvalue weighted by Crippen LogP contribution is 2.45. The zero-order valence-electron chi connectivity index (χ0n) is 13.2. The molecule has 1 aliphatic rings. The fourth-order valence-electron chi connectivity index (χ4n) is 2.77. The number of aliphatic hydroxyl groups excluding tert-OH is 1. The van der Waals surface area contributed by atoms with Gasteiger partial charge in [0.1, 0.15) is 11.6 Å². The van der Waals surface area contributed by atoms with E-state index < -0.39 is 6.10 Å². The minimum absolute atomic E-state index is 0.112. The molecule has 0 spiro atoms. The maximum atomic E-state index is 12.2. The van der Waals surface area contributed by atoms with E-state index in [1.165, 1.54) is 0 Å². The van der Waals surface area contributed by atoms with Gasteiger partial charge in [-0.1, -0.05) is 24.3 Å². The normalized spacial score (nSPS) is 20.2. The Kier molecular flexibility index (Phi) is 5.33. The van der Waals surface area contributed by atoms with Gasteiger partial charge in [-0.15, -0.1) is 23.4 Å². The molecule has 0 saturated heterocycles. The number of amides is 1. The van der Waals surface area contributed by atoms with Crippen molar-refractivity contribution in [3.63, 3.8) is 0 Å². The molecule has 1 N–H and O–H groups in total. The van der Waals surface area contributed by atoms with E-state index in [2.05, 4.69) is 0 Å². The van der Waals surface area contributed by atoms with Crippen LogP contribution in [-0.4, -0.2) is 36.7 Å². The second kappa shape index (κ2) is 7.47. The van der Waals surface area contributed by atoms with Gasteiger partial charge in [0.25, 0.3) is 0 Å². The number of anilines is 1. The first kappa shape index (κ1) is 17.1. The average Bonchev–Trinajstić information content (AvgIpc) is 2.78. The third-order valence-corrected chi connectivity index (χ3v) is 5.66. The molecule has 0 saturated carbocycles. The molecular formula is C18H18ClNO3S. The number of benzene rings is 2. The topological polar surface area (TPSA) is 49.8 Å². The maximum Gasteiger partial charge on any atom is 0.242 e. The largest absolute Gasteiger partial charge is 0.497 e. The van der Waals surface area contributed by atoms with Crippen LogP contribution in [0.5, 0.6) is 5.75 Å². The summed E-state index contributed by atoms with van der Waals surface area (Å²) in [6.07, 6.45) is -0.706. The number of hydrogen-bond donors (Lipinski definition) is 1. The van der Waals surface area contributed by atoms with E-state index >= 15 is 0 Å². The Morgan fingerprint density at radius 2 is 2.00 bits per heavy atom. The molecule has 0 aliphatic carbocycles. The third kappa shape index (κ3) is 3.38. The number of fused-ring (bicyclic) bond motifs is 1. The van der Waals surface area contributed by atoms with Crippen LogP contribution in [0.1, 0.15) is 10.8 Å². The lowest BCUT2D eigenvalue weighted by Gasteiger charge is -2.24. The van der Waals surface area contributed by atoms with Gasteiger partial charge in [0.05, 0.1) is 30.7 Å². The van der Waals surface area contributed by atoms with Crippen LogP contribution < -0.4 is 9.64 Å². The first-order chi connectivity index (χ1) is 11.6. The Hall–Kier alpha value is -1.69. The number of rotatable bonds is 3. The minimum Gasteiger partial charge on any atom is -0.497 e. The van der Waals surface area contributed by atoms with Crippen LogP contribution in [-0.2, 0) is 4.79 Å². The zero-order chi connectivity index (χ0) is 17.1. The van der Waals surface area contributed by atoms with Crippen molar-refractivity contribution in [3.8, 4) is 5.75 Å². The van der Waals surface area contributed by atoms with Crippen molar-refractivity contribution < 1.29 is 14.6 Å². The Morgan fingerprint density at radius 1 is 1.29 bits per heavy atom. The number of halogens is 1. The molecule has 0 radical (unpaired) electrons. The van der Waals surface area contributed by atoms with Gasteiger partial charge >= 0.3 is 0 Å². The lowest BCUT2D eigenvalue weighted by molar-refractivity contribution is -0.116. The van der Waals surface area contributed by atoms with Crippen molar-refractivity contribution >= 4 is 35.0 Å². The Balaban J connectivity index is 1.98. The number of aliphatic hydroxyl groups is 1. The lowest BCUT2D eigenvalue weighted by Crippen LogP contribution is -2.39. The molecule has 2 aromatic rings. The molecule has 6 heteroatoms. The summed E-state index contributed by atoms with van der Waals surface area (Å²) in [5.41, 5.74) is 1.78. The molecule has 2 aromatic carbocycles. The summed E-state index contributed by atoms with van der Waals surface area (Å²) in [6, 6.07) is 15.3. The molecule has 3 rings (SSSR count). The van der Waals surface area contributed by atoms with E-state index in [1.807, 2.05) is 48.5 Å². The number of thioether (sulfide) groups is 1. The zero-order valence-corrected chi connectivity index (χ0v) is 14.8. The summed E-state index contributed by atoms with van der Waals surface area (Å²) in [6.45, 7) is 0.215. The summed E-state index contributed by atoms with van der Waals surface area (Å²) >= 11 is 7.30. The average molecular weight is 364 g/mol. The van der Waals surface area contributed by atoms with Gasteiger partial charge < -0.3 is 14.7 Å². The number of para-hydroxylation sites is 1. The second-order valence-corrected chi connectivity index (χ2v) is 6.94. The summed E-state index contributed by atoms with van der Waals surface area (Å²) in [5, 5.41) is 10.6. The summed E-state index contributed by atoms with van der Waals surface area (Å²) in [4.78, 5) is 14.7. The van der Waals surface area contributed by atoms with Crippen LogP contribution in [0.15, 0.2) is 53.4 Å². The number of carbonyl (C=O) groups is 1. The van der Waals surface area contributed by atoms with Gasteiger partial charge in [0.15, 0.2) is 0 Å². The van der Waals surface area contributed by atoms with Gasteiger partial charge in [-0.05, 0) is 29.8 Å². The number of β-amino-alcohol motifs (C(OH)–C–C–N with tert-alkyl or cyclic N) is 1. The van der Waals surface area contributed by atoms with Gasteiger partial charge in [-0.2, -0.15) is 0 Å². The molecule has 1 amide bonds. The molecule has 2 atom stereocenters. The standard InChI is InChI=1S/C18H18ClNO3S/c1-23-13-8-6-12(7-9-13)18-15(21)11-20(17(22)10-19)14-4-2-3-5-16(14)24-18/h2-9,15,18,21H,10-11H2,1H3/t15-,18-/m0/s1. The smallest absolute Gasteiger partial charge is 0.242 e. The molecular weight excluding hydrogens is 346 g/mol. The predicted molar refractivity (Wildman–Crippen MR) is 97.1 cm³/mol. The minimum atomic E-state index is -0.706. The SMILES string of the molecule is COc1ccc([C@@H]2Sc3ccccc3N(C(=O)CCl)C[C@@H]2O)cc1. The molecule has 126 valence electrons. The van der Waals surface area contributed by atoms with Gasteiger partial charge in [0, 0.05) is 4.90 Å². The van der Waals surface area contributed by atoms with Crippen molar-refractivity contribution in [1.29, 1.82) is 0 Å². The van der Waals surface area contributed by atoms with Crippen molar-refractivity contribution in [2.45, 2.75) is 16.2 Å². The summed E-state index contributed by atoms with van der Waals surface area (Å²) < 4.78 is 5.19. The van der Waals surface area contributed by atoms with Crippen LogP contribution in [0.3, 0.4) is 0 Å². The Morgan fingerprint density at radius 3 is 2.67 bits per heavy atom. The number of carbonyl (C=O) groups excluding carboxylic acids is 1. The van der Waals surface area contributed by atoms with Crippen LogP contribution >= 0.6 is 23.4 Å². The summed E-state index contributed by atoms with van der Waals surface area (Å²) in [5.74, 6) is 0.448. The first-order valence-electron chi connectivity index (χ1n) is 7.58. The van der Waals surface area contributed by atoms with Crippen LogP contribution in [0.25, 0.3) is 0 Å². The predicted octanol–water partition coefficient (Wildman–Crippen LogP) is 3.47. The highest BCUT2D eigenvalue weighted by molar-refractivity contribution is 7.99. The fraction of sp³-hybridized carbons (Fsp3) is 0.278. The highest BCUT2D eigenvalue weighted by atomic mass is 35.5. The number of methoxy groups -OCH3 is 1. The Labute approximate surface area is 150 Å². The van der Waals surface area contributed by atoms with Crippen molar-refractivity contribution in [1.82, 2.24) is 0 Å². The van der Waals surface area contributed by atoms with Crippen LogP contribution in [0, 0.1) is 0 Å². The first-order valence-corrected chi connectivity index (χ1v) is 8.99. The second-order valence-electron chi connectivity index (χ2n) is 5.48. The molecule has 24 heavy (non-hydrogen) atoms. The third-order valence-electron chi connectivity index (χ3n) is 3.99. The van der Waals surface area contributed by atoms with E-state index in [0.717, 1.165) is 21.9 Å². The van der Waals surface area contributed by atoms with E-state index in [0.29, 0.717) is 0 Å². The summed E-state index contributed by atoms with van der Waals surface area (Å²) in [7, 11) is 1.62. The quantitative estimate of drug-likeness (QED) is 0.848. The van der Waals surface area contributed by atoms with E-state index in [-0.39, 0.29) is 23.6 Å². The Bertz CT molecular complexity index is 722.